The van der Waals surface area contributed by atoms with Crippen molar-refractivity contribution in [2.24, 2.45) is 0 Å². The van der Waals surface area contributed by atoms with Crippen LogP contribution >= 0.6 is 11.6 Å². The van der Waals surface area contributed by atoms with Crippen LogP contribution in [-0.2, 0) is 34.7 Å². The van der Waals surface area contributed by atoms with E-state index in [-0.39, 0.29) is 42.3 Å². The molecule has 0 aliphatic carbocycles. The second kappa shape index (κ2) is 8.36. The Bertz CT molecular complexity index is 1470. The van der Waals surface area contributed by atoms with Crippen molar-refractivity contribution in [3.05, 3.63) is 61.4 Å². The van der Waals surface area contributed by atoms with Gasteiger partial charge in [0.2, 0.25) is 0 Å². The van der Waals surface area contributed by atoms with Gasteiger partial charge in [-0.2, -0.15) is 0 Å². The summed E-state index contributed by atoms with van der Waals surface area (Å²) in [7, 11) is 0. The first-order valence-corrected chi connectivity index (χ1v) is 11.9. The highest BCUT2D eigenvalue weighted by atomic mass is 35.5. The van der Waals surface area contributed by atoms with Crippen LogP contribution in [0.4, 0.5) is 8.78 Å². The number of halogens is 3. The van der Waals surface area contributed by atoms with Gasteiger partial charge in [0.1, 0.15) is 11.6 Å². The number of pyridine rings is 2. The number of carbonyl (C=O) groups excluding carboxylic acids is 1. The van der Waals surface area contributed by atoms with Gasteiger partial charge in [-0.05, 0) is 37.1 Å². The minimum absolute atomic E-state index is 0.0160. The van der Waals surface area contributed by atoms with Gasteiger partial charge in [-0.3, -0.25) is 4.79 Å². The Morgan fingerprint density at radius 1 is 1.29 bits per heavy atom. The van der Waals surface area contributed by atoms with E-state index in [4.69, 9.17) is 16.3 Å². The van der Waals surface area contributed by atoms with Gasteiger partial charge in [-0.1, -0.05) is 32.4 Å². The summed E-state index contributed by atoms with van der Waals surface area (Å²) in [6.07, 6.45) is 0.478. The van der Waals surface area contributed by atoms with Crippen LogP contribution in [0.3, 0.4) is 0 Å². The van der Waals surface area contributed by atoms with Gasteiger partial charge in [0, 0.05) is 22.6 Å². The third kappa shape index (κ3) is 3.48. The number of rotatable bonds is 5. The van der Waals surface area contributed by atoms with Crippen molar-refractivity contribution in [3.63, 3.8) is 0 Å². The Labute approximate surface area is 204 Å². The lowest BCUT2D eigenvalue weighted by atomic mass is 9.86. The topological polar surface area (TPSA) is 93.5 Å². The molecule has 0 spiro atoms. The fraction of sp³-hybridized carbons (Fsp3) is 0.400. The van der Waals surface area contributed by atoms with Crippen LogP contribution in [0.15, 0.2) is 16.9 Å². The average Bonchev–Trinajstić information content (AvgIpc) is 3.19. The highest BCUT2D eigenvalue weighted by Gasteiger charge is 2.45. The van der Waals surface area contributed by atoms with Crippen LogP contribution in [0.1, 0.15) is 49.4 Å². The lowest BCUT2D eigenvalue weighted by Gasteiger charge is -2.31. The fourth-order valence-electron chi connectivity index (χ4n) is 4.97. The van der Waals surface area contributed by atoms with E-state index < -0.39 is 33.8 Å². The fourth-order valence-corrected chi connectivity index (χ4v) is 5.21. The third-order valence-electron chi connectivity index (χ3n) is 6.86. The average molecular weight is 504 g/mol. The van der Waals surface area contributed by atoms with E-state index in [1.807, 2.05) is 13.8 Å². The molecule has 0 fully saturated rings. The molecule has 2 aliphatic rings. The number of aromatic nitrogens is 2. The van der Waals surface area contributed by atoms with Gasteiger partial charge in [-0.15, -0.1) is 0 Å². The molecular weight excluding hydrogens is 480 g/mol. The summed E-state index contributed by atoms with van der Waals surface area (Å²) >= 11 is 6.19. The Hall–Kier alpha value is -2.88. The van der Waals surface area contributed by atoms with Crippen LogP contribution < -0.4 is 10.9 Å². The quantitative estimate of drug-likeness (QED) is 0.319. The van der Waals surface area contributed by atoms with E-state index in [9.17, 15) is 23.5 Å². The summed E-state index contributed by atoms with van der Waals surface area (Å²) in [5.41, 5.74) is 0.276. The first-order chi connectivity index (χ1) is 16.6. The predicted octanol–water partition coefficient (Wildman–Crippen LogP) is 3.55. The van der Waals surface area contributed by atoms with E-state index in [0.717, 1.165) is 6.07 Å². The van der Waals surface area contributed by atoms with Crippen LogP contribution in [0.25, 0.3) is 22.3 Å². The van der Waals surface area contributed by atoms with Crippen LogP contribution in [0.2, 0.25) is 5.02 Å². The Kier molecular flexibility index (Phi) is 5.69. The maximum atomic E-state index is 14.4. The molecule has 0 amide bonds. The van der Waals surface area contributed by atoms with E-state index in [0.29, 0.717) is 40.9 Å². The Morgan fingerprint density at radius 3 is 2.71 bits per heavy atom. The van der Waals surface area contributed by atoms with Crippen LogP contribution in [0, 0.1) is 11.6 Å². The van der Waals surface area contributed by atoms with Gasteiger partial charge in [0.15, 0.2) is 17.2 Å². The summed E-state index contributed by atoms with van der Waals surface area (Å²) in [5, 5.41) is 14.3. The molecule has 0 saturated carbocycles. The summed E-state index contributed by atoms with van der Waals surface area (Å²) in [6, 6.07) is 2.88. The van der Waals surface area contributed by atoms with Crippen molar-refractivity contribution in [2.45, 2.75) is 58.4 Å². The number of nitrogens with one attached hydrogen (secondary N) is 1. The first kappa shape index (κ1) is 23.8. The SMILES string of the molecule is CC[C@@]1(O)C(=O)OCc2c1cc1n(c2=O)Cc2c-1nc1c(Cl)c(F)c(F)cc1c2CCNC(C)C. The monoisotopic (exact) mass is 503 g/mol. The molecule has 2 aromatic heterocycles. The molecule has 0 unspecified atom stereocenters. The minimum atomic E-state index is -1.96. The highest BCUT2D eigenvalue weighted by molar-refractivity contribution is 6.35. The zero-order valence-electron chi connectivity index (χ0n) is 19.5. The molecule has 10 heteroatoms. The normalized spacial score (nSPS) is 18.6. The molecule has 0 saturated heterocycles. The van der Waals surface area contributed by atoms with Gasteiger partial charge in [-0.25, -0.2) is 18.6 Å². The van der Waals surface area contributed by atoms with Crippen LogP contribution in [-0.4, -0.2) is 33.2 Å². The molecular formula is C25H24ClF2N3O4. The van der Waals surface area contributed by atoms with Gasteiger partial charge in [0.25, 0.3) is 5.56 Å². The second-order valence-electron chi connectivity index (χ2n) is 9.26. The molecule has 1 atom stereocenters. The van der Waals surface area contributed by atoms with E-state index in [2.05, 4.69) is 10.3 Å². The van der Waals surface area contributed by atoms with E-state index in [1.165, 1.54) is 4.57 Å². The number of benzene rings is 1. The zero-order valence-corrected chi connectivity index (χ0v) is 20.2. The number of ether oxygens (including phenoxy) is 1. The van der Waals surface area contributed by atoms with Gasteiger partial charge >= 0.3 is 5.97 Å². The highest BCUT2D eigenvalue weighted by Crippen LogP contribution is 2.41. The Balaban J connectivity index is 1.79. The lowest BCUT2D eigenvalue weighted by Crippen LogP contribution is -2.44. The number of carbonyl (C=O) groups is 1. The van der Waals surface area contributed by atoms with Gasteiger partial charge in [0.05, 0.1) is 29.0 Å². The van der Waals surface area contributed by atoms with Crippen molar-refractivity contribution >= 4 is 28.5 Å². The van der Waals surface area contributed by atoms with Crippen molar-refractivity contribution in [2.75, 3.05) is 6.54 Å². The third-order valence-corrected chi connectivity index (χ3v) is 7.21. The number of cyclic esters (lactones) is 1. The molecule has 5 rings (SSSR count). The lowest BCUT2D eigenvalue weighted by molar-refractivity contribution is -0.172. The molecule has 1 aromatic carbocycles. The molecule has 2 N–H and O–H groups in total. The van der Waals surface area contributed by atoms with Crippen molar-refractivity contribution in [1.29, 1.82) is 0 Å². The summed E-state index contributed by atoms with van der Waals surface area (Å²) in [5.74, 6) is -3.08. The molecule has 35 heavy (non-hydrogen) atoms. The minimum Gasteiger partial charge on any atom is -0.458 e. The molecule has 0 bridgehead atoms. The molecule has 7 nitrogen and oxygen atoms in total. The van der Waals surface area contributed by atoms with E-state index >= 15 is 0 Å². The number of nitrogens with zero attached hydrogens (tertiary/aromatic N) is 2. The maximum Gasteiger partial charge on any atom is 0.343 e. The smallest absolute Gasteiger partial charge is 0.343 e. The summed E-state index contributed by atoms with van der Waals surface area (Å²) in [6.45, 7) is 6.09. The largest absolute Gasteiger partial charge is 0.458 e. The maximum absolute atomic E-state index is 14.4. The molecule has 0 radical (unpaired) electrons. The molecule has 184 valence electrons. The van der Waals surface area contributed by atoms with Crippen molar-refractivity contribution in [3.8, 4) is 11.4 Å². The van der Waals surface area contributed by atoms with E-state index in [1.54, 1.807) is 13.0 Å². The molecule has 4 heterocycles. The first-order valence-electron chi connectivity index (χ1n) is 11.5. The molecule has 2 aliphatic heterocycles. The van der Waals surface area contributed by atoms with Crippen molar-refractivity contribution < 1.29 is 23.4 Å². The molecule has 3 aromatic rings. The zero-order chi connectivity index (χ0) is 25.2. The standard InChI is InChI=1S/C25H24ClF2N3O4/c1-4-25(34)16-8-18-21-14(9-31(18)23(32)15(16)10-35-24(25)33)12(5-6-29-11(2)3)13-7-17(27)20(28)19(26)22(13)30-21/h7-8,11,29,34H,4-6,9-10H2,1-3H3/t25-/m0/s1. The number of hydrogen-bond acceptors (Lipinski definition) is 6. The summed E-state index contributed by atoms with van der Waals surface area (Å²) < 4.78 is 35.3. The number of hydrogen-bond donors (Lipinski definition) is 2. The van der Waals surface area contributed by atoms with Gasteiger partial charge < -0.3 is 19.7 Å². The van der Waals surface area contributed by atoms with Crippen molar-refractivity contribution in [1.82, 2.24) is 14.9 Å². The summed E-state index contributed by atoms with van der Waals surface area (Å²) in [4.78, 5) is 30.4. The number of fused-ring (bicyclic) bond motifs is 5. The second-order valence-corrected chi connectivity index (χ2v) is 9.64. The Morgan fingerprint density at radius 2 is 2.03 bits per heavy atom. The predicted molar refractivity (Wildman–Crippen MR) is 126 cm³/mol. The number of aliphatic hydroxyl groups is 1. The number of esters is 1. The van der Waals surface area contributed by atoms with Crippen LogP contribution in [0.5, 0.6) is 0 Å².